The third-order valence-electron chi connectivity index (χ3n) is 13.0. The molecule has 6 rings (SSSR count). The highest BCUT2D eigenvalue weighted by Gasteiger charge is 2.51. The maximum Gasteiger partial charge on any atom is 0.312 e. The van der Waals surface area contributed by atoms with E-state index in [1.807, 2.05) is 0 Å². The van der Waals surface area contributed by atoms with Crippen molar-refractivity contribution in [1.29, 1.82) is 0 Å². The van der Waals surface area contributed by atoms with E-state index < -0.39 is 95.3 Å². The Bertz CT molecular complexity index is 2320. The molecule has 0 aliphatic carbocycles. The molecule has 62 heavy (non-hydrogen) atoms. The van der Waals surface area contributed by atoms with Crippen molar-refractivity contribution in [2.75, 3.05) is 38.7 Å². The molecule has 6 N–H and O–H groups in total. The van der Waals surface area contributed by atoms with E-state index >= 15 is 0 Å². The highest BCUT2D eigenvalue weighted by Crippen LogP contribution is 2.51. The number of ketones is 1. The summed E-state index contributed by atoms with van der Waals surface area (Å²) < 4.78 is 23.9. The number of carbonyl (C=O) groups excluding carboxylic acids is 3. The van der Waals surface area contributed by atoms with Crippen LogP contribution >= 0.6 is 0 Å². The molecule has 16 heteroatoms. The molecule has 4 aliphatic rings. The molecule has 1 amide bonds. The number of Topliss-reactive ketones (excluding diaryl/α,β-unsaturated/α-hetero) is 1. The van der Waals surface area contributed by atoms with Crippen LogP contribution in [0.3, 0.4) is 0 Å². The average Bonchev–Trinajstić information content (AvgIpc) is 3.73. The molecule has 2 aromatic rings. The number of carbonyl (C=O) groups is 3. The van der Waals surface area contributed by atoms with Gasteiger partial charge >= 0.3 is 11.8 Å². The summed E-state index contributed by atoms with van der Waals surface area (Å²) >= 11 is 0. The number of allylic oxidation sites excluding steroid dienone is 2. The van der Waals surface area contributed by atoms with E-state index in [0.29, 0.717) is 37.5 Å². The number of fused-ring (bicyclic) bond motifs is 1. The Morgan fingerprint density at radius 2 is 1.68 bits per heavy atom. The Morgan fingerprint density at radius 1 is 1.00 bits per heavy atom. The predicted molar refractivity (Wildman–Crippen MR) is 229 cm³/mol. The number of esters is 1. The predicted octanol–water partition coefficient (Wildman–Crippen LogP) is 3.72. The summed E-state index contributed by atoms with van der Waals surface area (Å²) in [6, 6.07) is 0. The zero-order valence-corrected chi connectivity index (χ0v) is 37.3. The average molecular weight is 863 g/mol. The van der Waals surface area contributed by atoms with Crippen LogP contribution < -0.4 is 20.8 Å². The molecule has 0 aromatic heterocycles. The number of phenolic OH excluding ortho intramolecular Hbond substituents is 2. The summed E-state index contributed by atoms with van der Waals surface area (Å²) in [5.74, 6) is -7.46. The van der Waals surface area contributed by atoms with Crippen LogP contribution in [0.2, 0.25) is 0 Å². The summed E-state index contributed by atoms with van der Waals surface area (Å²) in [4.78, 5) is 52.9. The van der Waals surface area contributed by atoms with Crippen molar-refractivity contribution in [2.24, 2.45) is 39.6 Å². The Labute approximate surface area is 361 Å². The Balaban J connectivity index is 1.56. The van der Waals surface area contributed by atoms with E-state index in [-0.39, 0.29) is 43.9 Å². The number of nitrogens with one attached hydrogen (secondary N) is 1. The van der Waals surface area contributed by atoms with Gasteiger partial charge in [-0.3, -0.25) is 19.4 Å². The minimum Gasteiger partial charge on any atom is -0.507 e. The number of phenols is 2. The van der Waals surface area contributed by atoms with E-state index in [4.69, 9.17) is 23.9 Å². The van der Waals surface area contributed by atoms with Crippen molar-refractivity contribution in [2.45, 2.75) is 111 Å². The molecule has 338 valence electrons. The molecule has 1 fully saturated rings. The quantitative estimate of drug-likeness (QED) is 0.186. The monoisotopic (exact) mass is 862 g/mol. The number of likely N-dealkylation sites (tertiary alicyclic amines) is 1. The fourth-order valence-electron chi connectivity index (χ4n) is 9.29. The van der Waals surface area contributed by atoms with E-state index in [1.165, 1.54) is 65.4 Å². The lowest BCUT2D eigenvalue weighted by Crippen LogP contribution is -2.47. The number of aliphatic hydroxyl groups excluding tert-OH is 3. The van der Waals surface area contributed by atoms with E-state index in [1.54, 1.807) is 20.8 Å². The topological polar surface area (TPSA) is 229 Å². The lowest BCUT2D eigenvalue weighted by molar-refractivity contribution is -0.160. The van der Waals surface area contributed by atoms with Gasteiger partial charge in [-0.05, 0) is 25.8 Å². The number of rotatable bonds is 5. The van der Waals surface area contributed by atoms with Crippen LogP contribution in [0.1, 0.15) is 84.2 Å². The number of hydrogen-bond donors (Lipinski definition) is 6. The summed E-state index contributed by atoms with van der Waals surface area (Å²) in [5, 5.41) is 60.8. The number of benzene rings is 2. The minimum absolute atomic E-state index is 0.0347. The number of hydrogen-bond acceptors (Lipinski definition) is 15. The maximum absolute atomic E-state index is 14.7. The Kier molecular flexibility index (Phi) is 13.6. The second-order valence-corrected chi connectivity index (χ2v) is 18.0. The van der Waals surface area contributed by atoms with Crippen LogP contribution in [0.25, 0.3) is 10.8 Å². The van der Waals surface area contributed by atoms with E-state index in [2.05, 4.69) is 29.1 Å². The van der Waals surface area contributed by atoms with Crippen LogP contribution in [0.4, 0.5) is 5.69 Å². The number of methoxy groups -OCH3 is 1. The zero-order chi connectivity index (χ0) is 45.6. The van der Waals surface area contributed by atoms with Crippen molar-refractivity contribution in [3.63, 3.8) is 0 Å². The van der Waals surface area contributed by atoms with Gasteiger partial charge in [0.05, 0.1) is 47.8 Å². The van der Waals surface area contributed by atoms with Crippen LogP contribution in [-0.2, 0) is 23.8 Å². The van der Waals surface area contributed by atoms with Crippen LogP contribution in [0.5, 0.6) is 17.2 Å². The number of aromatic hydroxyl groups is 2. The van der Waals surface area contributed by atoms with Gasteiger partial charge in [0, 0.05) is 93.6 Å². The van der Waals surface area contributed by atoms with Crippen LogP contribution in [0.15, 0.2) is 46.1 Å². The molecule has 4 aliphatic heterocycles. The third-order valence-corrected chi connectivity index (χ3v) is 13.0. The highest BCUT2D eigenvalue weighted by molar-refractivity contribution is 6.21. The molecule has 9 atom stereocenters. The van der Waals surface area contributed by atoms with Crippen molar-refractivity contribution >= 4 is 34.1 Å². The van der Waals surface area contributed by atoms with Gasteiger partial charge in [0.25, 0.3) is 11.7 Å². The molecule has 1 spiro atoms. The van der Waals surface area contributed by atoms with Crippen molar-refractivity contribution in [1.82, 2.24) is 4.90 Å². The Morgan fingerprint density at radius 3 is 2.29 bits per heavy atom. The normalized spacial score (nSPS) is 32.3. The maximum atomic E-state index is 14.7. The molecule has 16 nitrogen and oxygen atoms in total. The number of aliphatic hydroxyl groups is 3. The number of amides is 1. The molecular weight excluding hydrogens is 801 g/mol. The first-order valence-corrected chi connectivity index (χ1v) is 21.4. The Hall–Kier alpha value is -4.87. The molecular formula is C46H62N4O12. The fourth-order valence-corrected chi connectivity index (χ4v) is 9.29. The number of nitrogens with zero attached hydrogens (tertiary/aromatic N) is 3. The van der Waals surface area contributed by atoms with Crippen LogP contribution in [0, 0.1) is 36.5 Å². The van der Waals surface area contributed by atoms with Gasteiger partial charge in [0.2, 0.25) is 0 Å². The first kappa shape index (κ1) is 46.6. The summed E-state index contributed by atoms with van der Waals surface area (Å²) in [7, 11) is 1.44. The SMILES string of the molecule is CO[C@H]1/C=C\O[C@@]2(C)Oc3c(C)c(O)c4c(O)c(c5c(c4c3C2=O)NC2(CCN(CC(C)C)CC2)N=5)=NC(=O)/C(C)=C\C=C/[C@H](CO)[C@H](O)[C@@H](C)[C@@H](O)[C@@H](C)[C@H](OC(C)=O)[C@@H]1C. The smallest absolute Gasteiger partial charge is 0.312 e. The highest BCUT2D eigenvalue weighted by atomic mass is 16.7. The second-order valence-electron chi connectivity index (χ2n) is 18.0. The van der Waals surface area contributed by atoms with E-state index in [0.717, 1.165) is 6.54 Å². The number of anilines is 1. The van der Waals surface area contributed by atoms with Crippen LogP contribution in [-0.4, -0.2) is 117 Å². The standard InChI is InChI=1S/C46H62N4O12/c1-22(2)20-50-17-15-46(16-18-50)48-34-31-32-39(55)27(7)42-33(31)43(57)45(9,62-42)60-19-14-30(59-10)24(4)41(61-28(8)52)26(6)37(53)25(5)38(54)29(21-51)13-11-12-23(3)44(58)47-36(40(32)56)35(34)49-46/h11-14,19,22,24-26,29-30,37-38,41,48,51,53-56H,15-18,20-21H2,1-10H3/b13-11-,19-14-,23-12-,47-36?/t24-,25+,26-,29-,30+,37-,38-,41-,45+/m1/s1. The largest absolute Gasteiger partial charge is 0.507 e. The molecule has 0 radical (unpaired) electrons. The fraction of sp³-hybridized carbons (Fsp3) is 0.587. The molecule has 0 unspecified atom stereocenters. The van der Waals surface area contributed by atoms with Gasteiger partial charge in [-0.2, -0.15) is 0 Å². The lowest BCUT2D eigenvalue weighted by Gasteiger charge is -2.38. The summed E-state index contributed by atoms with van der Waals surface area (Å²) in [6.07, 6.45) is 4.12. The molecule has 4 heterocycles. The molecule has 4 bridgehead atoms. The molecule has 2 aromatic carbocycles. The second kappa shape index (κ2) is 18.1. The van der Waals surface area contributed by atoms with Crippen molar-refractivity contribution in [3.8, 4) is 17.2 Å². The number of piperidine rings is 1. The summed E-state index contributed by atoms with van der Waals surface area (Å²) in [6.45, 7) is 16.9. The lowest BCUT2D eigenvalue weighted by atomic mass is 9.78. The van der Waals surface area contributed by atoms with Gasteiger partial charge in [-0.25, -0.2) is 4.99 Å². The molecule has 1 saturated heterocycles. The van der Waals surface area contributed by atoms with Gasteiger partial charge in [0.1, 0.15) is 34.0 Å². The molecule has 0 saturated carbocycles. The van der Waals surface area contributed by atoms with Crippen molar-refractivity contribution in [3.05, 3.63) is 58.0 Å². The van der Waals surface area contributed by atoms with Gasteiger partial charge in [0.15, 0.2) is 5.75 Å². The third kappa shape index (κ3) is 8.59. The summed E-state index contributed by atoms with van der Waals surface area (Å²) in [5.41, 5.74) is -0.275. The first-order valence-electron chi connectivity index (χ1n) is 21.4. The minimum atomic E-state index is -1.97. The van der Waals surface area contributed by atoms with Gasteiger partial charge < -0.3 is 54.7 Å². The van der Waals surface area contributed by atoms with Gasteiger partial charge in [-0.15, -0.1) is 0 Å². The first-order chi connectivity index (χ1) is 29.2. The zero-order valence-electron chi connectivity index (χ0n) is 37.3. The number of ether oxygens (including phenoxy) is 4. The van der Waals surface area contributed by atoms with Gasteiger partial charge in [-0.1, -0.05) is 52.8 Å². The van der Waals surface area contributed by atoms with E-state index in [9.17, 15) is 39.9 Å². The van der Waals surface area contributed by atoms with Crippen molar-refractivity contribution < 1.29 is 58.9 Å².